The van der Waals surface area contributed by atoms with Crippen LogP contribution in [0, 0.1) is 0 Å². The minimum Gasteiger partial charge on any atom is -0.317 e. The van der Waals surface area contributed by atoms with Gasteiger partial charge < -0.3 is 5.32 Å². The van der Waals surface area contributed by atoms with E-state index in [-0.39, 0.29) is 18.0 Å². The molecule has 0 saturated carbocycles. The SMILES string of the molecule is CC.Cn1c(=O)n(C2CCC(=O)NC2=O)c2ccc(C3CCNCC3)cc21. The van der Waals surface area contributed by atoms with Crippen molar-refractivity contribution >= 4 is 22.8 Å². The van der Waals surface area contributed by atoms with Crippen molar-refractivity contribution in [3.8, 4) is 0 Å². The van der Waals surface area contributed by atoms with Crippen molar-refractivity contribution in [2.24, 2.45) is 7.05 Å². The molecule has 4 rings (SSSR count). The van der Waals surface area contributed by atoms with Gasteiger partial charge in [-0.3, -0.25) is 24.0 Å². The fraction of sp³-hybridized carbons (Fsp3) is 0.550. The molecule has 146 valence electrons. The van der Waals surface area contributed by atoms with Crippen molar-refractivity contribution in [2.75, 3.05) is 13.1 Å². The van der Waals surface area contributed by atoms with E-state index in [2.05, 4.69) is 22.8 Å². The van der Waals surface area contributed by atoms with Gasteiger partial charge in [-0.05, 0) is 56.0 Å². The van der Waals surface area contributed by atoms with Gasteiger partial charge in [0.1, 0.15) is 6.04 Å². The molecular formula is C20H28N4O3. The number of benzene rings is 1. The second kappa shape index (κ2) is 8.08. The summed E-state index contributed by atoms with van der Waals surface area (Å²) >= 11 is 0. The van der Waals surface area contributed by atoms with Crippen LogP contribution < -0.4 is 16.3 Å². The summed E-state index contributed by atoms with van der Waals surface area (Å²) < 4.78 is 3.13. The normalized spacial score (nSPS) is 20.9. The fourth-order valence-electron chi connectivity index (χ4n) is 4.02. The average Bonchev–Trinajstić information content (AvgIpc) is 2.95. The number of amides is 2. The molecule has 27 heavy (non-hydrogen) atoms. The summed E-state index contributed by atoms with van der Waals surface area (Å²) in [6.45, 7) is 6.03. The fourth-order valence-corrected chi connectivity index (χ4v) is 4.02. The number of fused-ring (bicyclic) bond motifs is 1. The number of aromatic nitrogens is 2. The Balaban J connectivity index is 0.00000102. The highest BCUT2D eigenvalue weighted by molar-refractivity contribution is 6.00. The molecule has 2 aliphatic rings. The molecule has 1 unspecified atom stereocenters. The molecule has 2 fully saturated rings. The Hall–Kier alpha value is -2.41. The van der Waals surface area contributed by atoms with E-state index in [1.165, 1.54) is 10.1 Å². The van der Waals surface area contributed by atoms with Crippen LogP contribution in [0.1, 0.15) is 57.1 Å². The number of nitrogens with zero attached hydrogens (tertiary/aromatic N) is 2. The molecule has 0 radical (unpaired) electrons. The van der Waals surface area contributed by atoms with Crippen LogP contribution in [0.4, 0.5) is 0 Å². The number of carbonyl (C=O) groups is 2. The van der Waals surface area contributed by atoms with Crippen molar-refractivity contribution in [1.29, 1.82) is 0 Å². The highest BCUT2D eigenvalue weighted by Gasteiger charge is 2.31. The van der Waals surface area contributed by atoms with Crippen LogP contribution in [0.2, 0.25) is 0 Å². The quantitative estimate of drug-likeness (QED) is 0.788. The second-order valence-electron chi connectivity index (χ2n) is 6.95. The number of imide groups is 1. The maximum atomic E-state index is 12.8. The smallest absolute Gasteiger partial charge is 0.317 e. The Labute approximate surface area is 158 Å². The summed E-state index contributed by atoms with van der Waals surface area (Å²) in [7, 11) is 1.74. The molecule has 1 aromatic carbocycles. The first-order chi connectivity index (χ1) is 13.1. The van der Waals surface area contributed by atoms with E-state index < -0.39 is 11.9 Å². The van der Waals surface area contributed by atoms with E-state index in [0.717, 1.165) is 37.0 Å². The topological polar surface area (TPSA) is 85.1 Å². The lowest BCUT2D eigenvalue weighted by atomic mass is 9.90. The predicted molar refractivity (Wildman–Crippen MR) is 105 cm³/mol. The van der Waals surface area contributed by atoms with Crippen LogP contribution >= 0.6 is 0 Å². The lowest BCUT2D eigenvalue weighted by molar-refractivity contribution is -0.135. The zero-order valence-corrected chi connectivity index (χ0v) is 16.2. The zero-order chi connectivity index (χ0) is 19.6. The molecule has 2 amide bonds. The molecule has 0 aliphatic carbocycles. The average molecular weight is 372 g/mol. The van der Waals surface area contributed by atoms with Crippen LogP contribution in [0.5, 0.6) is 0 Å². The van der Waals surface area contributed by atoms with Gasteiger partial charge in [-0.1, -0.05) is 19.9 Å². The molecule has 3 heterocycles. The van der Waals surface area contributed by atoms with E-state index in [0.29, 0.717) is 12.3 Å². The van der Waals surface area contributed by atoms with Gasteiger partial charge in [0.05, 0.1) is 11.0 Å². The van der Waals surface area contributed by atoms with Crippen molar-refractivity contribution in [2.45, 2.75) is 51.5 Å². The van der Waals surface area contributed by atoms with E-state index >= 15 is 0 Å². The third-order valence-electron chi connectivity index (χ3n) is 5.45. The van der Waals surface area contributed by atoms with Gasteiger partial charge in [0.25, 0.3) is 0 Å². The predicted octanol–water partition coefficient (Wildman–Crippen LogP) is 1.81. The van der Waals surface area contributed by atoms with E-state index in [1.54, 1.807) is 11.6 Å². The number of nitrogens with one attached hydrogen (secondary N) is 2. The summed E-state index contributed by atoms with van der Waals surface area (Å²) in [5, 5.41) is 5.70. The molecule has 7 heteroatoms. The van der Waals surface area contributed by atoms with Crippen molar-refractivity contribution < 1.29 is 9.59 Å². The first-order valence-corrected chi connectivity index (χ1v) is 9.81. The van der Waals surface area contributed by atoms with Gasteiger partial charge in [0.15, 0.2) is 0 Å². The Morgan fingerprint density at radius 3 is 2.37 bits per heavy atom. The van der Waals surface area contributed by atoms with E-state index in [1.807, 2.05) is 19.9 Å². The number of carbonyl (C=O) groups excluding carboxylic acids is 2. The lowest BCUT2D eigenvalue weighted by Crippen LogP contribution is -2.44. The van der Waals surface area contributed by atoms with Crippen LogP contribution in [0.3, 0.4) is 0 Å². The highest BCUT2D eigenvalue weighted by Crippen LogP contribution is 2.29. The molecule has 1 aromatic heterocycles. The summed E-state index contributed by atoms with van der Waals surface area (Å²) in [5.74, 6) is -0.171. The third kappa shape index (κ3) is 3.56. The molecule has 2 saturated heterocycles. The van der Waals surface area contributed by atoms with Gasteiger partial charge in [-0.25, -0.2) is 4.79 Å². The minimum absolute atomic E-state index is 0.216. The Bertz CT molecular complexity index is 906. The molecular weight excluding hydrogens is 344 g/mol. The number of aryl methyl sites for hydroxylation is 1. The van der Waals surface area contributed by atoms with Gasteiger partial charge in [-0.2, -0.15) is 0 Å². The molecule has 1 atom stereocenters. The van der Waals surface area contributed by atoms with Crippen molar-refractivity contribution in [1.82, 2.24) is 19.8 Å². The maximum Gasteiger partial charge on any atom is 0.329 e. The first-order valence-electron chi connectivity index (χ1n) is 9.81. The molecule has 2 aromatic rings. The number of rotatable bonds is 2. The van der Waals surface area contributed by atoms with E-state index in [4.69, 9.17) is 0 Å². The van der Waals surface area contributed by atoms with Gasteiger partial charge in [-0.15, -0.1) is 0 Å². The summed E-state index contributed by atoms with van der Waals surface area (Å²) in [4.78, 5) is 36.4. The van der Waals surface area contributed by atoms with Gasteiger partial charge in [0, 0.05) is 13.5 Å². The Morgan fingerprint density at radius 1 is 1.00 bits per heavy atom. The number of imidazole rings is 1. The molecule has 2 N–H and O–H groups in total. The molecule has 0 bridgehead atoms. The van der Waals surface area contributed by atoms with Crippen LogP contribution in [0.25, 0.3) is 11.0 Å². The van der Waals surface area contributed by atoms with Crippen LogP contribution in [0.15, 0.2) is 23.0 Å². The summed E-state index contributed by atoms with van der Waals surface area (Å²) in [6.07, 6.45) is 2.80. The van der Waals surface area contributed by atoms with Crippen LogP contribution in [-0.2, 0) is 16.6 Å². The highest BCUT2D eigenvalue weighted by atomic mass is 16.2. The second-order valence-corrected chi connectivity index (χ2v) is 6.95. The monoisotopic (exact) mass is 372 g/mol. The Morgan fingerprint density at radius 2 is 1.70 bits per heavy atom. The molecule has 2 aliphatic heterocycles. The summed E-state index contributed by atoms with van der Waals surface area (Å²) in [6, 6.07) is 5.46. The Kier molecular flexibility index (Phi) is 5.79. The number of hydrogen-bond donors (Lipinski definition) is 2. The van der Waals surface area contributed by atoms with E-state index in [9.17, 15) is 14.4 Å². The summed E-state index contributed by atoms with van der Waals surface area (Å²) in [5.41, 5.74) is 2.61. The largest absolute Gasteiger partial charge is 0.329 e. The minimum atomic E-state index is -0.626. The molecule has 0 spiro atoms. The maximum absolute atomic E-state index is 12.8. The third-order valence-corrected chi connectivity index (χ3v) is 5.45. The number of piperidine rings is 2. The van der Waals surface area contributed by atoms with Gasteiger partial charge in [0.2, 0.25) is 11.8 Å². The lowest BCUT2D eigenvalue weighted by Gasteiger charge is -2.23. The van der Waals surface area contributed by atoms with Crippen LogP contribution in [-0.4, -0.2) is 34.0 Å². The standard InChI is InChI=1S/C18H22N4O3.C2H6/c1-21-15-10-12(11-6-8-19-9-7-11)2-3-13(15)22(18(21)25)14-4-5-16(23)20-17(14)24;1-2/h2-3,10-11,14,19H,4-9H2,1H3,(H,20,23,24);1-2H3. The van der Waals surface area contributed by atoms with Gasteiger partial charge >= 0.3 is 5.69 Å². The zero-order valence-electron chi connectivity index (χ0n) is 16.2. The van der Waals surface area contributed by atoms with Crippen molar-refractivity contribution in [3.63, 3.8) is 0 Å². The number of hydrogen-bond acceptors (Lipinski definition) is 4. The first kappa shape index (κ1) is 19.4. The molecule has 7 nitrogen and oxygen atoms in total. The van der Waals surface area contributed by atoms with Crippen molar-refractivity contribution in [3.05, 3.63) is 34.2 Å².